The molecule has 2 aromatic heterocycles. The number of aromatic nitrogens is 2. The van der Waals surface area contributed by atoms with Crippen molar-refractivity contribution in [1.82, 2.24) is 15.3 Å². The number of hydrogen-bond acceptors (Lipinski definition) is 5. The van der Waals surface area contributed by atoms with Crippen molar-refractivity contribution in [3.05, 3.63) is 65.8 Å². The summed E-state index contributed by atoms with van der Waals surface area (Å²) >= 11 is 0. The van der Waals surface area contributed by atoms with Crippen molar-refractivity contribution >= 4 is 17.5 Å². The first kappa shape index (κ1) is 17.9. The van der Waals surface area contributed by atoms with Gasteiger partial charge in [-0.05, 0) is 50.1 Å². The van der Waals surface area contributed by atoms with E-state index in [1.807, 2.05) is 36.4 Å². The van der Waals surface area contributed by atoms with Gasteiger partial charge in [0.25, 0.3) is 5.91 Å². The van der Waals surface area contributed by atoms with Gasteiger partial charge in [-0.15, -0.1) is 0 Å². The van der Waals surface area contributed by atoms with Gasteiger partial charge in [0.2, 0.25) is 11.8 Å². The number of oxazole rings is 1. The van der Waals surface area contributed by atoms with Crippen LogP contribution in [0.3, 0.4) is 0 Å². The number of rotatable bonds is 6. The molecule has 1 aliphatic rings. The summed E-state index contributed by atoms with van der Waals surface area (Å²) in [5.74, 6) is 0.609. The van der Waals surface area contributed by atoms with Crippen LogP contribution in [0.25, 0.3) is 11.5 Å². The predicted octanol–water partition coefficient (Wildman–Crippen LogP) is 3.32. The molecule has 4 rings (SSSR count). The van der Waals surface area contributed by atoms with E-state index in [9.17, 15) is 9.59 Å². The molecule has 7 heteroatoms. The van der Waals surface area contributed by atoms with E-state index >= 15 is 0 Å². The van der Waals surface area contributed by atoms with Crippen molar-refractivity contribution in [2.45, 2.75) is 26.3 Å². The third kappa shape index (κ3) is 4.09. The van der Waals surface area contributed by atoms with E-state index in [0.29, 0.717) is 29.4 Å². The number of nitrogens with one attached hydrogen (secondary N) is 2. The van der Waals surface area contributed by atoms with Gasteiger partial charge in [-0.25, -0.2) is 4.98 Å². The Hall–Kier alpha value is -3.48. The fraction of sp³-hybridized carbons (Fsp3) is 0.238. The van der Waals surface area contributed by atoms with Gasteiger partial charge in [0, 0.05) is 23.4 Å². The van der Waals surface area contributed by atoms with Gasteiger partial charge >= 0.3 is 0 Å². The lowest BCUT2D eigenvalue weighted by Gasteiger charge is -2.05. The predicted molar refractivity (Wildman–Crippen MR) is 103 cm³/mol. The minimum atomic E-state index is -0.323. The Morgan fingerprint density at radius 1 is 1.18 bits per heavy atom. The highest BCUT2D eigenvalue weighted by atomic mass is 16.4. The van der Waals surface area contributed by atoms with Gasteiger partial charge in [-0.2, -0.15) is 0 Å². The highest BCUT2D eigenvalue weighted by Crippen LogP contribution is 2.31. The molecule has 2 N–H and O–H groups in total. The van der Waals surface area contributed by atoms with Crippen LogP contribution >= 0.6 is 0 Å². The molecule has 142 valence electrons. The Morgan fingerprint density at radius 3 is 2.79 bits per heavy atom. The number of carbonyl (C=O) groups excluding carboxylic acids is 2. The fourth-order valence-electron chi connectivity index (χ4n) is 2.81. The summed E-state index contributed by atoms with van der Waals surface area (Å²) in [6.45, 7) is 2.01. The van der Waals surface area contributed by atoms with Crippen LogP contribution < -0.4 is 10.6 Å². The second-order valence-corrected chi connectivity index (χ2v) is 6.77. The number of carbonyl (C=O) groups is 2. The van der Waals surface area contributed by atoms with Crippen LogP contribution in [0.1, 0.15) is 34.8 Å². The Kier molecular flexibility index (Phi) is 4.89. The summed E-state index contributed by atoms with van der Waals surface area (Å²) < 4.78 is 5.69. The Labute approximate surface area is 162 Å². The Bertz CT molecular complexity index is 1010. The maximum atomic E-state index is 12.5. The summed E-state index contributed by atoms with van der Waals surface area (Å²) in [4.78, 5) is 32.9. The second-order valence-electron chi connectivity index (χ2n) is 6.77. The van der Waals surface area contributed by atoms with E-state index in [2.05, 4.69) is 20.6 Å². The summed E-state index contributed by atoms with van der Waals surface area (Å²) in [7, 11) is 0. The van der Waals surface area contributed by atoms with Gasteiger partial charge in [0.1, 0.15) is 5.76 Å². The molecule has 0 aliphatic heterocycles. The molecule has 1 saturated carbocycles. The smallest absolute Gasteiger partial charge is 0.273 e. The fourth-order valence-corrected chi connectivity index (χ4v) is 2.81. The summed E-state index contributed by atoms with van der Waals surface area (Å²) in [6, 6.07) is 12.8. The minimum Gasteiger partial charge on any atom is -0.441 e. The normalized spacial score (nSPS) is 13.2. The number of pyridine rings is 1. The first-order chi connectivity index (χ1) is 13.6. The van der Waals surface area contributed by atoms with Crippen molar-refractivity contribution in [3.63, 3.8) is 0 Å². The largest absolute Gasteiger partial charge is 0.441 e. The molecule has 3 aromatic rings. The zero-order chi connectivity index (χ0) is 19.5. The molecular formula is C21H20N4O3. The molecule has 0 atom stereocenters. The molecule has 1 aliphatic carbocycles. The lowest BCUT2D eigenvalue weighted by molar-refractivity contribution is -0.117. The highest BCUT2D eigenvalue weighted by Gasteiger charge is 2.29. The van der Waals surface area contributed by atoms with E-state index in [1.54, 1.807) is 19.2 Å². The monoisotopic (exact) mass is 376 g/mol. The van der Waals surface area contributed by atoms with Crippen molar-refractivity contribution in [2.24, 2.45) is 5.92 Å². The van der Waals surface area contributed by atoms with E-state index in [4.69, 9.17) is 4.42 Å². The summed E-state index contributed by atoms with van der Waals surface area (Å²) in [5.41, 5.74) is 2.38. The van der Waals surface area contributed by atoms with Crippen LogP contribution in [0.4, 0.5) is 5.69 Å². The van der Waals surface area contributed by atoms with Gasteiger partial charge < -0.3 is 15.1 Å². The SMILES string of the molecule is Cc1oc(-c2cccc(NC(=O)C3CC3)c2)nc1C(=O)NCc1ccccn1. The molecule has 0 unspecified atom stereocenters. The first-order valence-corrected chi connectivity index (χ1v) is 9.17. The van der Waals surface area contributed by atoms with Gasteiger partial charge in [-0.3, -0.25) is 14.6 Å². The van der Waals surface area contributed by atoms with Crippen LogP contribution in [0, 0.1) is 12.8 Å². The molecule has 2 heterocycles. The van der Waals surface area contributed by atoms with E-state index in [1.165, 1.54) is 0 Å². The topological polar surface area (TPSA) is 97.1 Å². The van der Waals surface area contributed by atoms with E-state index in [-0.39, 0.29) is 23.4 Å². The maximum absolute atomic E-state index is 12.5. The molecule has 2 amide bonds. The van der Waals surface area contributed by atoms with E-state index in [0.717, 1.165) is 18.5 Å². The highest BCUT2D eigenvalue weighted by molar-refractivity contribution is 5.95. The number of amides is 2. The number of hydrogen-bond donors (Lipinski definition) is 2. The first-order valence-electron chi connectivity index (χ1n) is 9.17. The average molecular weight is 376 g/mol. The lowest BCUT2D eigenvalue weighted by Crippen LogP contribution is -2.24. The maximum Gasteiger partial charge on any atom is 0.273 e. The molecule has 0 saturated heterocycles. The van der Waals surface area contributed by atoms with Gasteiger partial charge in [0.05, 0.1) is 12.2 Å². The molecule has 0 radical (unpaired) electrons. The second kappa shape index (κ2) is 7.64. The Balaban J connectivity index is 1.47. The number of anilines is 1. The average Bonchev–Trinajstić information content (AvgIpc) is 3.49. The van der Waals surface area contributed by atoms with Crippen molar-refractivity contribution < 1.29 is 14.0 Å². The van der Waals surface area contributed by atoms with Crippen molar-refractivity contribution in [2.75, 3.05) is 5.32 Å². The minimum absolute atomic E-state index is 0.0373. The number of nitrogens with zero attached hydrogens (tertiary/aromatic N) is 2. The molecule has 0 bridgehead atoms. The molecule has 0 spiro atoms. The van der Waals surface area contributed by atoms with Gasteiger partial charge in [-0.1, -0.05) is 12.1 Å². The lowest BCUT2D eigenvalue weighted by atomic mass is 10.2. The number of aryl methyl sites for hydroxylation is 1. The zero-order valence-electron chi connectivity index (χ0n) is 15.4. The molecule has 1 fully saturated rings. The van der Waals surface area contributed by atoms with Crippen LogP contribution in [0.5, 0.6) is 0 Å². The summed E-state index contributed by atoms with van der Waals surface area (Å²) in [6.07, 6.45) is 3.57. The standard InChI is InChI=1S/C21H20N4O3/c1-13-18(20(27)23-12-17-6-2-3-10-22-17)25-21(28-13)15-5-4-7-16(11-15)24-19(26)14-8-9-14/h2-7,10-11,14H,8-9,12H2,1H3,(H,23,27)(H,24,26). The molecule has 1 aromatic carbocycles. The van der Waals surface area contributed by atoms with Crippen molar-refractivity contribution in [3.8, 4) is 11.5 Å². The van der Waals surface area contributed by atoms with Crippen molar-refractivity contribution in [1.29, 1.82) is 0 Å². The van der Waals surface area contributed by atoms with E-state index < -0.39 is 0 Å². The van der Waals surface area contributed by atoms with Crippen LogP contribution in [0.2, 0.25) is 0 Å². The molecule has 7 nitrogen and oxygen atoms in total. The third-order valence-electron chi connectivity index (χ3n) is 4.49. The Morgan fingerprint density at radius 2 is 2.04 bits per heavy atom. The third-order valence-corrected chi connectivity index (χ3v) is 4.49. The van der Waals surface area contributed by atoms with Gasteiger partial charge in [0.15, 0.2) is 5.69 Å². The van der Waals surface area contributed by atoms with Crippen LogP contribution in [-0.2, 0) is 11.3 Å². The zero-order valence-corrected chi connectivity index (χ0v) is 15.4. The quantitative estimate of drug-likeness (QED) is 0.688. The molecule has 28 heavy (non-hydrogen) atoms. The number of benzene rings is 1. The molecular weight excluding hydrogens is 356 g/mol. The van der Waals surface area contributed by atoms with Crippen LogP contribution in [-0.4, -0.2) is 21.8 Å². The van der Waals surface area contributed by atoms with Crippen LogP contribution in [0.15, 0.2) is 53.1 Å². The summed E-state index contributed by atoms with van der Waals surface area (Å²) in [5, 5.41) is 5.70.